The zero-order chi connectivity index (χ0) is 19.4. The molecule has 144 valence electrons. The van der Waals surface area contributed by atoms with Crippen molar-refractivity contribution in [1.82, 2.24) is 20.2 Å². The average Bonchev–Trinajstić information content (AvgIpc) is 3.19. The standard InChI is InChI=1S/C18H22N4O5/c1-25-12-6-11(7-13(8-12)26-2)17-16-14(20-10-21-16)4-5-22(17)18(24)19-9-15(23)27-3/h6-8,10,17H,4-5,9H2,1-3H3,(H,19,24)(H,20,21)/t17-/m1/s1. The van der Waals surface area contributed by atoms with E-state index in [9.17, 15) is 9.59 Å². The molecule has 9 nitrogen and oxygen atoms in total. The molecule has 0 spiro atoms. The van der Waals surface area contributed by atoms with Crippen LogP contribution in [0.3, 0.4) is 0 Å². The van der Waals surface area contributed by atoms with Gasteiger partial charge in [-0.05, 0) is 17.7 Å². The topological polar surface area (TPSA) is 106 Å². The average molecular weight is 374 g/mol. The molecule has 0 saturated carbocycles. The van der Waals surface area contributed by atoms with E-state index in [0.29, 0.717) is 24.5 Å². The first-order valence-corrected chi connectivity index (χ1v) is 8.43. The Labute approximate surface area is 156 Å². The molecule has 2 aromatic rings. The van der Waals surface area contributed by atoms with Crippen LogP contribution in [0.15, 0.2) is 24.5 Å². The molecule has 1 aromatic carbocycles. The number of imidazole rings is 1. The minimum absolute atomic E-state index is 0.201. The van der Waals surface area contributed by atoms with Crippen molar-refractivity contribution in [2.45, 2.75) is 12.5 Å². The summed E-state index contributed by atoms with van der Waals surface area (Å²) in [6.07, 6.45) is 2.25. The van der Waals surface area contributed by atoms with Gasteiger partial charge < -0.3 is 29.4 Å². The summed E-state index contributed by atoms with van der Waals surface area (Å²) in [5, 5.41) is 2.59. The Hall–Kier alpha value is -3.23. The summed E-state index contributed by atoms with van der Waals surface area (Å²) < 4.78 is 15.3. The van der Waals surface area contributed by atoms with E-state index in [-0.39, 0.29) is 12.6 Å². The van der Waals surface area contributed by atoms with Crippen LogP contribution in [0.25, 0.3) is 0 Å². The van der Waals surface area contributed by atoms with Gasteiger partial charge in [0.25, 0.3) is 0 Å². The summed E-state index contributed by atoms with van der Waals surface area (Å²) in [5.74, 6) is 0.712. The van der Waals surface area contributed by atoms with E-state index in [1.807, 2.05) is 12.1 Å². The Kier molecular flexibility index (Phi) is 5.49. The number of urea groups is 1. The summed E-state index contributed by atoms with van der Waals surface area (Å²) >= 11 is 0. The van der Waals surface area contributed by atoms with Crippen molar-refractivity contribution < 1.29 is 23.8 Å². The van der Waals surface area contributed by atoms with Crippen molar-refractivity contribution in [3.63, 3.8) is 0 Å². The van der Waals surface area contributed by atoms with Gasteiger partial charge in [0.15, 0.2) is 0 Å². The summed E-state index contributed by atoms with van der Waals surface area (Å²) in [7, 11) is 4.41. The maximum Gasteiger partial charge on any atom is 0.325 e. The van der Waals surface area contributed by atoms with Crippen LogP contribution in [0, 0.1) is 0 Å². The molecule has 9 heteroatoms. The lowest BCUT2D eigenvalue weighted by molar-refractivity contribution is -0.139. The highest BCUT2D eigenvalue weighted by molar-refractivity contribution is 5.81. The van der Waals surface area contributed by atoms with Gasteiger partial charge in [0, 0.05) is 24.7 Å². The van der Waals surface area contributed by atoms with Crippen LogP contribution in [-0.4, -0.2) is 61.3 Å². The molecule has 0 radical (unpaired) electrons. The summed E-state index contributed by atoms with van der Waals surface area (Å²) in [6, 6.07) is 4.64. The number of ether oxygens (including phenoxy) is 3. The smallest absolute Gasteiger partial charge is 0.325 e. The molecule has 2 heterocycles. The highest BCUT2D eigenvalue weighted by Crippen LogP contribution is 2.36. The van der Waals surface area contributed by atoms with Crippen molar-refractivity contribution in [3.05, 3.63) is 41.5 Å². The fraction of sp³-hybridized carbons (Fsp3) is 0.389. The molecule has 1 aliphatic rings. The Morgan fingerprint density at radius 2 is 1.93 bits per heavy atom. The van der Waals surface area contributed by atoms with E-state index in [0.717, 1.165) is 17.0 Å². The highest BCUT2D eigenvalue weighted by Gasteiger charge is 2.34. The van der Waals surface area contributed by atoms with Gasteiger partial charge in [0.2, 0.25) is 0 Å². The molecular weight excluding hydrogens is 352 g/mol. The number of H-pyrrole nitrogens is 1. The minimum atomic E-state index is -0.514. The van der Waals surface area contributed by atoms with Gasteiger partial charge >= 0.3 is 12.0 Å². The highest BCUT2D eigenvalue weighted by atomic mass is 16.5. The molecule has 1 atom stereocenters. The molecular formula is C18H22N4O5. The molecule has 3 rings (SSSR count). The van der Waals surface area contributed by atoms with Crippen molar-refractivity contribution in [1.29, 1.82) is 0 Å². The van der Waals surface area contributed by atoms with Gasteiger partial charge in [-0.1, -0.05) is 0 Å². The van der Waals surface area contributed by atoms with E-state index >= 15 is 0 Å². The second-order valence-electron chi connectivity index (χ2n) is 5.99. The van der Waals surface area contributed by atoms with Gasteiger partial charge in [-0.3, -0.25) is 4.79 Å². The number of methoxy groups -OCH3 is 3. The third kappa shape index (κ3) is 3.81. The zero-order valence-corrected chi connectivity index (χ0v) is 15.4. The Balaban J connectivity index is 1.97. The van der Waals surface area contributed by atoms with E-state index in [4.69, 9.17) is 9.47 Å². The van der Waals surface area contributed by atoms with Crippen LogP contribution in [0.2, 0.25) is 0 Å². The lowest BCUT2D eigenvalue weighted by atomic mass is 9.95. The number of aromatic amines is 1. The monoisotopic (exact) mass is 374 g/mol. The van der Waals surface area contributed by atoms with Crippen LogP contribution < -0.4 is 14.8 Å². The molecule has 1 aromatic heterocycles. The summed E-state index contributed by atoms with van der Waals surface area (Å²) in [5.41, 5.74) is 2.52. The van der Waals surface area contributed by atoms with Crippen LogP contribution in [0.5, 0.6) is 11.5 Å². The first kappa shape index (κ1) is 18.6. The van der Waals surface area contributed by atoms with Crippen molar-refractivity contribution >= 4 is 12.0 Å². The number of nitrogens with one attached hydrogen (secondary N) is 2. The molecule has 0 bridgehead atoms. The van der Waals surface area contributed by atoms with Crippen molar-refractivity contribution in [3.8, 4) is 11.5 Å². The Bertz CT molecular complexity index is 813. The molecule has 2 amide bonds. The number of hydrogen-bond donors (Lipinski definition) is 2. The predicted molar refractivity (Wildman–Crippen MR) is 95.8 cm³/mol. The molecule has 27 heavy (non-hydrogen) atoms. The SMILES string of the molecule is COC(=O)CNC(=O)N1CCc2[nH]cnc2[C@H]1c1cc(OC)cc(OC)c1. The van der Waals surface area contributed by atoms with E-state index < -0.39 is 12.0 Å². The first-order chi connectivity index (χ1) is 13.1. The molecule has 0 aliphatic carbocycles. The molecule has 0 unspecified atom stereocenters. The summed E-state index contributed by atoms with van der Waals surface area (Å²) in [4.78, 5) is 33.3. The number of aromatic nitrogens is 2. The van der Waals surface area contributed by atoms with Crippen LogP contribution in [0.4, 0.5) is 4.79 Å². The largest absolute Gasteiger partial charge is 0.497 e. The molecule has 2 N–H and O–H groups in total. The molecule has 0 fully saturated rings. The fourth-order valence-electron chi connectivity index (χ4n) is 3.14. The van der Waals surface area contributed by atoms with Gasteiger partial charge in [-0.2, -0.15) is 0 Å². The number of rotatable bonds is 5. The molecule has 1 aliphatic heterocycles. The Morgan fingerprint density at radius 1 is 1.22 bits per heavy atom. The van der Waals surface area contributed by atoms with Crippen LogP contribution in [-0.2, 0) is 16.0 Å². The van der Waals surface area contributed by atoms with Crippen LogP contribution in [0.1, 0.15) is 23.0 Å². The predicted octanol–water partition coefficient (Wildman–Crippen LogP) is 1.26. The second kappa shape index (κ2) is 7.98. The number of benzene rings is 1. The third-order valence-electron chi connectivity index (χ3n) is 4.49. The third-order valence-corrected chi connectivity index (χ3v) is 4.49. The number of carbonyl (C=O) groups excluding carboxylic acids is 2. The lowest BCUT2D eigenvalue weighted by Gasteiger charge is -2.35. The Morgan fingerprint density at radius 3 is 2.56 bits per heavy atom. The summed E-state index contributed by atoms with van der Waals surface area (Å²) in [6.45, 7) is 0.264. The van der Waals surface area contributed by atoms with Crippen molar-refractivity contribution in [2.75, 3.05) is 34.4 Å². The van der Waals surface area contributed by atoms with Gasteiger partial charge in [0.05, 0.1) is 33.4 Å². The van der Waals surface area contributed by atoms with Gasteiger partial charge in [0.1, 0.15) is 24.1 Å². The minimum Gasteiger partial charge on any atom is -0.497 e. The van der Waals surface area contributed by atoms with E-state index in [1.165, 1.54) is 7.11 Å². The molecule has 0 saturated heterocycles. The zero-order valence-electron chi connectivity index (χ0n) is 15.4. The number of fused-ring (bicyclic) bond motifs is 1. The maximum absolute atomic E-state index is 12.7. The number of hydrogen-bond acceptors (Lipinski definition) is 6. The second-order valence-corrected chi connectivity index (χ2v) is 5.99. The number of carbonyl (C=O) groups is 2. The number of amides is 2. The van der Waals surface area contributed by atoms with Gasteiger partial charge in [-0.15, -0.1) is 0 Å². The van der Waals surface area contributed by atoms with Crippen molar-refractivity contribution in [2.24, 2.45) is 0 Å². The van der Waals surface area contributed by atoms with Crippen LogP contribution >= 0.6 is 0 Å². The lowest BCUT2D eigenvalue weighted by Crippen LogP contribution is -2.47. The van der Waals surface area contributed by atoms with Gasteiger partial charge in [-0.25, -0.2) is 9.78 Å². The van der Waals surface area contributed by atoms with E-state index in [1.54, 1.807) is 31.5 Å². The number of esters is 1. The normalized spacial score (nSPS) is 15.7. The quantitative estimate of drug-likeness (QED) is 0.763. The first-order valence-electron chi connectivity index (χ1n) is 8.43. The fourth-order valence-corrected chi connectivity index (χ4v) is 3.14. The number of nitrogens with zero attached hydrogens (tertiary/aromatic N) is 2. The van der Waals surface area contributed by atoms with E-state index in [2.05, 4.69) is 20.0 Å². The maximum atomic E-state index is 12.7.